The zero-order chi connectivity index (χ0) is 19.3. The number of amides is 1. The summed E-state index contributed by atoms with van der Waals surface area (Å²) in [6, 6.07) is 5.20. The molecule has 1 amide bonds. The van der Waals surface area contributed by atoms with E-state index in [-0.39, 0.29) is 18.4 Å². The summed E-state index contributed by atoms with van der Waals surface area (Å²) in [7, 11) is 0. The van der Waals surface area contributed by atoms with Crippen molar-refractivity contribution in [3.8, 4) is 0 Å². The Morgan fingerprint density at radius 2 is 1.93 bits per heavy atom. The van der Waals surface area contributed by atoms with Crippen LogP contribution in [0.15, 0.2) is 29.6 Å². The lowest BCUT2D eigenvalue weighted by Crippen LogP contribution is -2.35. The normalized spacial score (nSPS) is 16.0. The van der Waals surface area contributed by atoms with Crippen LogP contribution in [0.4, 0.5) is 24.0 Å². The van der Waals surface area contributed by atoms with Gasteiger partial charge in [0.05, 0.1) is 17.7 Å². The molecule has 0 saturated heterocycles. The Labute approximate surface area is 160 Å². The molecule has 3 rings (SSSR count). The van der Waals surface area contributed by atoms with E-state index in [1.165, 1.54) is 30.2 Å². The topological polar surface area (TPSA) is 54.0 Å². The first kappa shape index (κ1) is 19.7. The molecule has 0 unspecified atom stereocenters. The number of anilines is 2. The smallest absolute Gasteiger partial charge is 0.353 e. The van der Waals surface area contributed by atoms with Crippen LogP contribution in [0.5, 0.6) is 0 Å². The number of aromatic nitrogens is 1. The van der Waals surface area contributed by atoms with Crippen LogP contribution in [0.2, 0.25) is 0 Å². The van der Waals surface area contributed by atoms with Crippen LogP contribution in [0.3, 0.4) is 0 Å². The number of halogens is 3. The molecule has 146 valence electrons. The Hall–Kier alpha value is -2.09. The molecule has 2 aromatic rings. The van der Waals surface area contributed by atoms with Crippen molar-refractivity contribution in [3.05, 3.63) is 40.9 Å². The van der Waals surface area contributed by atoms with Crippen molar-refractivity contribution in [1.82, 2.24) is 10.3 Å². The minimum absolute atomic E-state index is 0.0576. The van der Waals surface area contributed by atoms with Crippen LogP contribution in [0.25, 0.3) is 0 Å². The van der Waals surface area contributed by atoms with Gasteiger partial charge in [-0.15, -0.1) is 11.3 Å². The van der Waals surface area contributed by atoms with Crippen molar-refractivity contribution in [2.24, 2.45) is 0 Å². The maximum Gasteiger partial charge on any atom is 0.416 e. The fourth-order valence-electron chi connectivity index (χ4n) is 3.21. The van der Waals surface area contributed by atoms with Gasteiger partial charge in [0, 0.05) is 17.1 Å². The lowest BCUT2D eigenvalue weighted by atomic mass is 10.1. The van der Waals surface area contributed by atoms with Gasteiger partial charge in [-0.1, -0.05) is 31.7 Å². The number of rotatable bonds is 5. The molecule has 0 bridgehead atoms. The Balaban J connectivity index is 1.56. The molecule has 4 nitrogen and oxygen atoms in total. The van der Waals surface area contributed by atoms with Gasteiger partial charge < -0.3 is 10.6 Å². The maximum atomic E-state index is 12.8. The third kappa shape index (κ3) is 5.95. The van der Waals surface area contributed by atoms with Gasteiger partial charge in [-0.05, 0) is 31.0 Å². The third-order valence-electron chi connectivity index (χ3n) is 4.55. The number of hydrogen-bond donors (Lipinski definition) is 2. The second-order valence-electron chi connectivity index (χ2n) is 6.78. The summed E-state index contributed by atoms with van der Waals surface area (Å²) >= 11 is 1.27. The van der Waals surface area contributed by atoms with E-state index in [4.69, 9.17) is 0 Å². The average Bonchev–Trinajstić information content (AvgIpc) is 2.87. The van der Waals surface area contributed by atoms with E-state index < -0.39 is 11.7 Å². The summed E-state index contributed by atoms with van der Waals surface area (Å²) in [4.78, 5) is 16.5. The van der Waals surface area contributed by atoms with Crippen LogP contribution in [0.1, 0.15) is 49.8 Å². The van der Waals surface area contributed by atoms with E-state index >= 15 is 0 Å². The molecule has 0 aliphatic heterocycles. The van der Waals surface area contributed by atoms with E-state index in [9.17, 15) is 18.0 Å². The van der Waals surface area contributed by atoms with Crippen molar-refractivity contribution < 1.29 is 18.0 Å². The molecule has 1 fully saturated rings. The van der Waals surface area contributed by atoms with E-state index in [1.807, 2.05) is 0 Å². The van der Waals surface area contributed by atoms with Crippen molar-refractivity contribution >= 4 is 28.1 Å². The summed E-state index contributed by atoms with van der Waals surface area (Å²) in [6.45, 7) is 0. The van der Waals surface area contributed by atoms with Crippen molar-refractivity contribution in [3.63, 3.8) is 0 Å². The molecular weight excluding hydrogens is 375 g/mol. The number of nitrogens with zero attached hydrogens (tertiary/aromatic N) is 1. The molecule has 27 heavy (non-hydrogen) atoms. The van der Waals surface area contributed by atoms with Crippen LogP contribution in [0, 0.1) is 0 Å². The van der Waals surface area contributed by atoms with Gasteiger partial charge in [-0.25, -0.2) is 4.98 Å². The van der Waals surface area contributed by atoms with Crippen molar-refractivity contribution in [2.75, 3.05) is 5.32 Å². The van der Waals surface area contributed by atoms with Gasteiger partial charge >= 0.3 is 6.18 Å². The van der Waals surface area contributed by atoms with E-state index in [0.717, 1.165) is 37.8 Å². The molecule has 2 N–H and O–H groups in total. The molecule has 0 spiro atoms. The zero-order valence-electron chi connectivity index (χ0n) is 14.8. The summed E-state index contributed by atoms with van der Waals surface area (Å²) in [5, 5.41) is 8.16. The molecule has 1 heterocycles. The summed E-state index contributed by atoms with van der Waals surface area (Å²) in [5.41, 5.74) is 0.210. The predicted octanol–water partition coefficient (Wildman–Crippen LogP) is 5.29. The van der Waals surface area contributed by atoms with Crippen molar-refractivity contribution in [2.45, 2.75) is 57.2 Å². The predicted molar refractivity (Wildman–Crippen MR) is 100 cm³/mol. The standard InChI is InChI=1S/C19H22F3N3OS/c20-19(21,22)13-6-5-9-15(10-13)24-18-25-16(12-27-18)11-17(26)23-14-7-3-1-2-4-8-14/h5-6,9-10,12,14H,1-4,7-8,11H2,(H,23,26)(H,24,25). The summed E-state index contributed by atoms with van der Waals surface area (Å²) < 4.78 is 38.4. The van der Waals surface area contributed by atoms with Crippen LogP contribution >= 0.6 is 11.3 Å². The first-order chi connectivity index (χ1) is 12.9. The monoisotopic (exact) mass is 397 g/mol. The van der Waals surface area contributed by atoms with Crippen LogP contribution in [-0.4, -0.2) is 16.9 Å². The molecule has 1 aromatic heterocycles. The van der Waals surface area contributed by atoms with E-state index in [0.29, 0.717) is 16.5 Å². The highest BCUT2D eigenvalue weighted by atomic mass is 32.1. The Kier molecular flexibility index (Phi) is 6.36. The van der Waals surface area contributed by atoms with Crippen molar-refractivity contribution in [1.29, 1.82) is 0 Å². The van der Waals surface area contributed by atoms with Gasteiger partial charge in [0.25, 0.3) is 0 Å². The van der Waals surface area contributed by atoms with Gasteiger partial charge in [-0.2, -0.15) is 13.2 Å². The van der Waals surface area contributed by atoms with E-state index in [1.54, 1.807) is 11.4 Å². The number of carbonyl (C=O) groups is 1. The van der Waals surface area contributed by atoms with Gasteiger partial charge in [-0.3, -0.25) is 4.79 Å². The molecule has 0 radical (unpaired) electrons. The summed E-state index contributed by atoms with van der Waals surface area (Å²) in [6.07, 6.45) is 2.57. The fourth-order valence-corrected chi connectivity index (χ4v) is 3.94. The quantitative estimate of drug-likeness (QED) is 0.675. The lowest BCUT2D eigenvalue weighted by Gasteiger charge is -2.15. The largest absolute Gasteiger partial charge is 0.416 e. The number of alkyl halides is 3. The second-order valence-corrected chi connectivity index (χ2v) is 7.64. The highest BCUT2D eigenvalue weighted by Crippen LogP contribution is 2.31. The molecule has 0 atom stereocenters. The number of nitrogens with one attached hydrogen (secondary N) is 2. The molecular formula is C19H22F3N3OS. The minimum Gasteiger partial charge on any atom is -0.353 e. The average molecular weight is 397 g/mol. The Morgan fingerprint density at radius 1 is 1.19 bits per heavy atom. The number of carbonyl (C=O) groups excluding carboxylic acids is 1. The third-order valence-corrected chi connectivity index (χ3v) is 5.36. The highest BCUT2D eigenvalue weighted by Gasteiger charge is 2.30. The molecule has 1 aliphatic carbocycles. The highest BCUT2D eigenvalue weighted by molar-refractivity contribution is 7.13. The SMILES string of the molecule is O=C(Cc1csc(Nc2cccc(C(F)(F)F)c2)n1)NC1CCCCCC1. The van der Waals surface area contributed by atoms with E-state index in [2.05, 4.69) is 15.6 Å². The van der Waals surface area contributed by atoms with Gasteiger partial charge in [0.2, 0.25) is 5.91 Å². The Bertz CT molecular complexity index is 768. The second kappa shape index (κ2) is 8.73. The first-order valence-corrected chi connectivity index (χ1v) is 9.96. The lowest BCUT2D eigenvalue weighted by molar-refractivity contribution is -0.137. The zero-order valence-corrected chi connectivity index (χ0v) is 15.6. The summed E-state index contributed by atoms with van der Waals surface area (Å²) in [5.74, 6) is -0.0576. The van der Waals surface area contributed by atoms with Gasteiger partial charge in [0.1, 0.15) is 0 Å². The first-order valence-electron chi connectivity index (χ1n) is 9.08. The van der Waals surface area contributed by atoms with Crippen LogP contribution < -0.4 is 10.6 Å². The fraction of sp³-hybridized carbons (Fsp3) is 0.474. The van der Waals surface area contributed by atoms with Gasteiger partial charge in [0.15, 0.2) is 5.13 Å². The molecule has 1 aromatic carbocycles. The molecule has 8 heteroatoms. The molecule has 1 saturated carbocycles. The number of hydrogen-bond acceptors (Lipinski definition) is 4. The number of thiazole rings is 1. The molecule has 1 aliphatic rings. The number of benzene rings is 1. The maximum absolute atomic E-state index is 12.8. The Morgan fingerprint density at radius 3 is 2.63 bits per heavy atom. The van der Waals surface area contributed by atoms with Crippen LogP contribution in [-0.2, 0) is 17.4 Å². The minimum atomic E-state index is -4.39.